The van der Waals surface area contributed by atoms with Gasteiger partial charge in [0.25, 0.3) is 0 Å². The Morgan fingerprint density at radius 3 is 1.04 bits per heavy atom. The van der Waals surface area contributed by atoms with Crippen molar-refractivity contribution in [2.75, 3.05) is 39.3 Å². The van der Waals surface area contributed by atoms with E-state index in [1.165, 1.54) is 0 Å². The molecule has 0 unspecified atom stereocenters. The Labute approximate surface area is 134 Å². The summed E-state index contributed by atoms with van der Waals surface area (Å²) < 4.78 is 0. The van der Waals surface area contributed by atoms with Crippen LogP contribution in [0, 0.1) is 4.91 Å². The second-order valence-corrected chi connectivity index (χ2v) is 4.15. The molecule has 0 bridgehead atoms. The fraction of sp³-hybridized carbons (Fsp3) is 0.600. The van der Waals surface area contributed by atoms with Crippen molar-refractivity contribution in [1.82, 2.24) is 9.80 Å². The van der Waals surface area contributed by atoms with Crippen LogP contribution < -0.4 is 0 Å². The molecule has 0 fully saturated rings. The smallest absolute Gasteiger partial charge is 0.317 e. The van der Waals surface area contributed by atoms with Gasteiger partial charge in [-0.15, -0.1) is 4.91 Å². The molecule has 0 saturated heterocycles. The molecular weight excluding hydrogens is 338 g/mol. The lowest BCUT2D eigenvalue weighted by Crippen LogP contribution is -2.43. The summed E-state index contributed by atoms with van der Waals surface area (Å²) in [4.78, 5) is 55.4. The van der Waals surface area contributed by atoms with Crippen LogP contribution in [0.3, 0.4) is 0 Å². The van der Waals surface area contributed by atoms with Crippen LogP contribution in [0.15, 0.2) is 5.34 Å². The number of nitrogens with zero attached hydrogens (tertiary/aromatic N) is 3. The van der Waals surface area contributed by atoms with Gasteiger partial charge in [-0.25, -0.2) is 0 Å². The maximum atomic E-state index is 10.6. The highest BCUT2D eigenvalue weighted by atomic mass is 17.2. The van der Waals surface area contributed by atoms with Crippen LogP contribution in [0.1, 0.15) is 0 Å². The van der Waals surface area contributed by atoms with Crippen LogP contribution >= 0.6 is 0 Å². The lowest BCUT2D eigenvalue weighted by Gasteiger charge is -2.23. The minimum absolute atomic E-state index is 0.0703. The molecule has 0 spiro atoms. The molecule has 0 aliphatic heterocycles. The third kappa shape index (κ3) is 17.2. The van der Waals surface area contributed by atoms with Crippen molar-refractivity contribution >= 4 is 23.9 Å². The van der Waals surface area contributed by atoms with Gasteiger partial charge < -0.3 is 20.4 Å². The molecular formula is C10H17N3O11. The number of hydrogen-bond acceptors (Lipinski definition) is 10. The fourth-order valence-corrected chi connectivity index (χ4v) is 1.48. The number of carbonyl (C=O) groups is 4. The van der Waals surface area contributed by atoms with Crippen LogP contribution in [-0.4, -0.2) is 98.6 Å². The molecule has 5 N–H and O–H groups in total. The average Bonchev–Trinajstić information content (AvgIpc) is 2.42. The first-order valence-electron chi connectivity index (χ1n) is 6.07. The Morgan fingerprint density at radius 2 is 0.917 bits per heavy atom. The Bertz CT molecular complexity index is 374. The Morgan fingerprint density at radius 1 is 0.708 bits per heavy atom. The van der Waals surface area contributed by atoms with E-state index in [9.17, 15) is 19.2 Å². The molecule has 0 rings (SSSR count). The molecule has 0 aromatic carbocycles. The molecule has 0 radical (unpaired) electrons. The van der Waals surface area contributed by atoms with Gasteiger partial charge >= 0.3 is 23.9 Å². The van der Waals surface area contributed by atoms with Crippen molar-refractivity contribution in [1.29, 1.82) is 0 Å². The largest absolute Gasteiger partial charge is 0.480 e. The maximum absolute atomic E-state index is 10.6. The van der Waals surface area contributed by atoms with Gasteiger partial charge in [-0.05, 0) is 0 Å². The number of rotatable bonds is 12. The highest BCUT2D eigenvalue weighted by Gasteiger charge is 2.17. The minimum atomic E-state index is -1.23. The first-order valence-corrected chi connectivity index (χ1v) is 6.07. The zero-order valence-corrected chi connectivity index (χ0v) is 12.3. The molecule has 0 aliphatic carbocycles. The average molecular weight is 355 g/mol. The van der Waals surface area contributed by atoms with Crippen molar-refractivity contribution in [3.8, 4) is 0 Å². The second-order valence-electron chi connectivity index (χ2n) is 4.15. The molecule has 0 atom stereocenters. The quantitative estimate of drug-likeness (QED) is 0.147. The third-order valence-electron chi connectivity index (χ3n) is 2.20. The van der Waals surface area contributed by atoms with Crippen LogP contribution in [0.25, 0.3) is 0 Å². The Kier molecular flexibility index (Phi) is 13.5. The highest BCUT2D eigenvalue weighted by Crippen LogP contribution is 1.94. The molecule has 24 heavy (non-hydrogen) atoms. The number of aliphatic carboxylic acids is 4. The van der Waals surface area contributed by atoms with Crippen molar-refractivity contribution < 1.29 is 49.8 Å². The van der Waals surface area contributed by atoms with Crippen molar-refractivity contribution in [2.24, 2.45) is 5.34 Å². The number of hydrogen-bond donors (Lipinski definition) is 5. The summed E-state index contributed by atoms with van der Waals surface area (Å²) in [6.45, 7) is -2.25. The van der Waals surface area contributed by atoms with E-state index < -0.39 is 50.1 Å². The lowest BCUT2D eigenvalue weighted by molar-refractivity contribution is -0.245. The van der Waals surface area contributed by atoms with Gasteiger partial charge in [-0.1, -0.05) is 0 Å². The standard InChI is InChI=1S/C10H16N2O8.HNO3/c13-7(14)3-11(4-8(15)16)1-2-12(5-9(17)18)6-10(19)20;2-1-4-3/h1-6H2,(H,13,14)(H,15,16)(H,17,18)(H,19,20);3H. The third-order valence-corrected chi connectivity index (χ3v) is 2.20. The number of carboxylic acid groups (broad SMARTS) is 4. The summed E-state index contributed by atoms with van der Waals surface area (Å²) in [6, 6.07) is 0. The van der Waals surface area contributed by atoms with E-state index in [0.29, 0.717) is 0 Å². The molecule has 0 heterocycles. The summed E-state index contributed by atoms with van der Waals surface area (Å²) >= 11 is 0. The second kappa shape index (κ2) is 13.8. The molecule has 0 aliphatic rings. The van der Waals surface area contributed by atoms with E-state index in [-0.39, 0.29) is 13.1 Å². The van der Waals surface area contributed by atoms with Gasteiger partial charge in [-0.2, -0.15) is 10.2 Å². The monoisotopic (exact) mass is 355 g/mol. The first kappa shape index (κ1) is 23.4. The van der Waals surface area contributed by atoms with E-state index >= 15 is 0 Å². The van der Waals surface area contributed by atoms with Gasteiger partial charge in [0.05, 0.1) is 26.2 Å². The van der Waals surface area contributed by atoms with Crippen molar-refractivity contribution in [3.05, 3.63) is 4.91 Å². The molecule has 14 heteroatoms. The molecule has 0 saturated carbocycles. The van der Waals surface area contributed by atoms with Gasteiger partial charge in [0, 0.05) is 13.1 Å². The summed E-state index contributed by atoms with van der Waals surface area (Å²) in [6.07, 6.45) is 0. The van der Waals surface area contributed by atoms with E-state index in [4.69, 9.17) is 30.6 Å². The summed E-state index contributed by atoms with van der Waals surface area (Å²) in [5.41, 5.74) is 0. The maximum Gasteiger partial charge on any atom is 0.317 e. The van der Waals surface area contributed by atoms with Crippen LogP contribution in [0.4, 0.5) is 0 Å². The van der Waals surface area contributed by atoms with E-state index in [1.54, 1.807) is 5.34 Å². The molecule has 0 aromatic rings. The predicted molar refractivity (Wildman–Crippen MR) is 72.9 cm³/mol. The topological polar surface area (TPSA) is 215 Å². The Hall–Kier alpha value is -2.84. The van der Waals surface area contributed by atoms with Crippen LogP contribution in [0.5, 0.6) is 0 Å². The van der Waals surface area contributed by atoms with Crippen molar-refractivity contribution in [2.45, 2.75) is 0 Å². The Balaban J connectivity index is 0. The minimum Gasteiger partial charge on any atom is -0.480 e. The summed E-state index contributed by atoms with van der Waals surface area (Å²) in [5.74, 6) is -4.91. The van der Waals surface area contributed by atoms with Crippen LogP contribution in [0.2, 0.25) is 0 Å². The molecule has 14 nitrogen and oxygen atoms in total. The highest BCUT2D eigenvalue weighted by molar-refractivity contribution is 5.73. The zero-order chi connectivity index (χ0) is 19.1. The first-order chi connectivity index (χ1) is 11.1. The van der Waals surface area contributed by atoms with Crippen molar-refractivity contribution in [3.63, 3.8) is 0 Å². The zero-order valence-electron chi connectivity index (χ0n) is 12.3. The SMILES string of the molecule is O=C(O)CN(CCN(CC(=O)O)CC(=O)O)CC(=O)O.O=NOO. The molecule has 0 aromatic heterocycles. The molecule has 138 valence electrons. The van der Waals surface area contributed by atoms with Gasteiger partial charge in [0.15, 0.2) is 5.34 Å². The van der Waals surface area contributed by atoms with E-state index in [2.05, 4.69) is 4.99 Å². The van der Waals surface area contributed by atoms with Gasteiger partial charge in [0.2, 0.25) is 0 Å². The molecule has 0 amide bonds. The summed E-state index contributed by atoms with van der Waals surface area (Å²) in [7, 11) is 0. The van der Waals surface area contributed by atoms with E-state index in [1.807, 2.05) is 0 Å². The normalized spacial score (nSPS) is 9.79. The number of carboxylic acids is 4. The van der Waals surface area contributed by atoms with Gasteiger partial charge in [-0.3, -0.25) is 29.0 Å². The van der Waals surface area contributed by atoms with Gasteiger partial charge in [0.1, 0.15) is 0 Å². The lowest BCUT2D eigenvalue weighted by atomic mass is 10.4. The predicted octanol–water partition coefficient (Wildman–Crippen LogP) is -1.91. The van der Waals surface area contributed by atoms with Crippen LogP contribution in [-0.2, 0) is 24.2 Å². The van der Waals surface area contributed by atoms with E-state index in [0.717, 1.165) is 9.80 Å². The summed E-state index contributed by atoms with van der Waals surface area (Å²) in [5, 5.41) is 42.9. The fourth-order valence-electron chi connectivity index (χ4n) is 1.48.